The molecule has 3 atom stereocenters. The zero-order valence-electron chi connectivity index (χ0n) is 17.6. The molecule has 1 saturated carbocycles. The summed E-state index contributed by atoms with van der Waals surface area (Å²) in [5, 5.41) is 10.7. The van der Waals surface area contributed by atoms with Crippen molar-refractivity contribution in [3.05, 3.63) is 29.5 Å². The van der Waals surface area contributed by atoms with Crippen LogP contribution in [0, 0.1) is 12.8 Å². The lowest BCUT2D eigenvalue weighted by Crippen LogP contribution is -2.55. The van der Waals surface area contributed by atoms with Crippen molar-refractivity contribution in [2.75, 3.05) is 13.7 Å². The van der Waals surface area contributed by atoms with E-state index in [4.69, 9.17) is 9.15 Å². The van der Waals surface area contributed by atoms with Gasteiger partial charge in [0.25, 0.3) is 5.91 Å². The highest BCUT2D eigenvalue weighted by atomic mass is 16.5. The molecule has 1 aromatic carbocycles. The smallest absolute Gasteiger partial charge is 0.408 e. The maximum atomic E-state index is 13.4. The molecule has 2 aromatic rings. The second-order valence-corrected chi connectivity index (χ2v) is 9.15. The van der Waals surface area contributed by atoms with Gasteiger partial charge in [-0.15, -0.1) is 0 Å². The van der Waals surface area contributed by atoms with Crippen LogP contribution >= 0.6 is 0 Å². The molecule has 1 aromatic heterocycles. The zero-order valence-corrected chi connectivity index (χ0v) is 17.6. The quantitative estimate of drug-likeness (QED) is 0.837. The predicted molar refractivity (Wildman–Crippen MR) is 108 cm³/mol. The van der Waals surface area contributed by atoms with Crippen LogP contribution in [0.25, 0.3) is 11.0 Å². The van der Waals surface area contributed by atoms with Gasteiger partial charge >= 0.3 is 6.09 Å². The number of hydrogen-bond acceptors (Lipinski definition) is 4. The second kappa shape index (κ2) is 6.68. The van der Waals surface area contributed by atoms with Crippen molar-refractivity contribution < 1.29 is 23.8 Å². The fraction of sp³-hybridized carbons (Fsp3) is 0.545. The van der Waals surface area contributed by atoms with E-state index in [-0.39, 0.29) is 23.9 Å². The summed E-state index contributed by atoms with van der Waals surface area (Å²) < 4.78 is 11.1. The molecule has 29 heavy (non-hydrogen) atoms. The Balaban J connectivity index is 1.67. The fourth-order valence-electron chi connectivity index (χ4n) is 5.18. The number of carboxylic acid groups (broad SMARTS) is 1. The molecular formula is C22H28N2O5. The number of nitrogens with zero attached hydrogens (tertiary/aromatic N) is 2. The summed E-state index contributed by atoms with van der Waals surface area (Å²) in [5.74, 6) is 0.673. The van der Waals surface area contributed by atoms with Gasteiger partial charge in [0.2, 0.25) is 0 Å². The molecule has 156 valence electrons. The number of fused-ring (bicyclic) bond motifs is 3. The minimum Gasteiger partial charge on any atom is -0.496 e. The van der Waals surface area contributed by atoms with Gasteiger partial charge < -0.3 is 19.2 Å². The molecule has 1 aliphatic heterocycles. The number of carbonyl (C=O) groups excluding carboxylic acids is 1. The Bertz CT molecular complexity index is 973. The lowest BCUT2D eigenvalue weighted by Gasteiger charge is -2.40. The van der Waals surface area contributed by atoms with Gasteiger partial charge in [0.15, 0.2) is 0 Å². The summed E-state index contributed by atoms with van der Waals surface area (Å²) in [6, 6.07) is 3.23. The molecule has 7 heteroatoms. The van der Waals surface area contributed by atoms with E-state index in [0.29, 0.717) is 23.4 Å². The molecule has 0 spiro atoms. The number of aryl methyl sites for hydroxylation is 1. The highest BCUT2D eigenvalue weighted by Gasteiger charge is 2.54. The van der Waals surface area contributed by atoms with Gasteiger partial charge in [-0.25, -0.2) is 4.79 Å². The maximum Gasteiger partial charge on any atom is 0.408 e. The number of hydrogen-bond donors (Lipinski definition) is 1. The van der Waals surface area contributed by atoms with Crippen LogP contribution in [-0.4, -0.2) is 58.2 Å². The first-order valence-electron chi connectivity index (χ1n) is 10.0. The van der Waals surface area contributed by atoms with Gasteiger partial charge in [0.1, 0.15) is 11.3 Å². The predicted octanol–water partition coefficient (Wildman–Crippen LogP) is 4.13. The number of piperidine rings is 1. The van der Waals surface area contributed by atoms with E-state index in [0.717, 1.165) is 23.8 Å². The largest absolute Gasteiger partial charge is 0.496 e. The van der Waals surface area contributed by atoms with Gasteiger partial charge in [0, 0.05) is 17.6 Å². The highest BCUT2D eigenvalue weighted by molar-refractivity contribution is 6.00. The number of rotatable bonds is 3. The van der Waals surface area contributed by atoms with Crippen molar-refractivity contribution in [2.24, 2.45) is 5.92 Å². The summed E-state index contributed by atoms with van der Waals surface area (Å²) in [6.07, 6.45) is 2.49. The molecule has 2 heterocycles. The Morgan fingerprint density at radius 3 is 2.62 bits per heavy atom. The maximum absolute atomic E-state index is 13.4. The Kier molecular flexibility index (Phi) is 4.52. The number of carbonyl (C=O) groups is 2. The first-order chi connectivity index (χ1) is 13.6. The van der Waals surface area contributed by atoms with Crippen LogP contribution in [0.4, 0.5) is 4.79 Å². The van der Waals surface area contributed by atoms with Gasteiger partial charge in [-0.05, 0) is 64.2 Å². The van der Waals surface area contributed by atoms with E-state index < -0.39 is 11.6 Å². The van der Waals surface area contributed by atoms with Gasteiger partial charge in [-0.1, -0.05) is 0 Å². The first kappa shape index (κ1) is 19.6. The van der Waals surface area contributed by atoms with Crippen LogP contribution in [0.2, 0.25) is 0 Å². The topological polar surface area (TPSA) is 83.2 Å². The van der Waals surface area contributed by atoms with E-state index in [1.165, 1.54) is 0 Å². The first-order valence-corrected chi connectivity index (χ1v) is 10.0. The molecular weight excluding hydrogens is 372 g/mol. The summed E-state index contributed by atoms with van der Waals surface area (Å²) in [5.41, 5.74) is 1.56. The van der Waals surface area contributed by atoms with Crippen molar-refractivity contribution >= 4 is 23.0 Å². The number of amides is 2. The minimum absolute atomic E-state index is 0.101. The van der Waals surface area contributed by atoms with Crippen molar-refractivity contribution in [1.82, 2.24) is 9.80 Å². The SMILES string of the molecule is COc1cc(C(=O)N2CC3CCC2[C@@H]3N(C(=O)O)C(C)(C)C)cc2occ(C)c12. The Hall–Kier alpha value is -2.70. The monoisotopic (exact) mass is 400 g/mol. The summed E-state index contributed by atoms with van der Waals surface area (Å²) in [7, 11) is 1.58. The number of likely N-dealkylation sites (tertiary alicyclic amines) is 1. The van der Waals surface area contributed by atoms with E-state index in [1.54, 1.807) is 30.4 Å². The molecule has 0 radical (unpaired) electrons. The number of furan rings is 1. The third-order valence-corrected chi connectivity index (χ3v) is 6.32. The third kappa shape index (κ3) is 3.03. The van der Waals surface area contributed by atoms with Crippen molar-refractivity contribution in [3.8, 4) is 5.75 Å². The molecule has 1 N–H and O–H groups in total. The Morgan fingerprint density at radius 2 is 2.00 bits per heavy atom. The normalized spacial score (nSPS) is 23.6. The minimum atomic E-state index is -0.928. The zero-order chi connectivity index (χ0) is 21.1. The molecule has 1 saturated heterocycles. The molecule has 4 rings (SSSR count). The summed E-state index contributed by atoms with van der Waals surface area (Å²) in [6.45, 7) is 8.23. The Morgan fingerprint density at radius 1 is 1.28 bits per heavy atom. The van der Waals surface area contributed by atoms with Crippen LogP contribution < -0.4 is 4.74 Å². The van der Waals surface area contributed by atoms with Crippen molar-refractivity contribution in [1.29, 1.82) is 0 Å². The van der Waals surface area contributed by atoms with Gasteiger partial charge in [-0.2, -0.15) is 0 Å². The fourth-order valence-corrected chi connectivity index (χ4v) is 5.18. The molecule has 1 aliphatic carbocycles. The number of ether oxygens (including phenoxy) is 1. The Labute approximate surface area is 170 Å². The summed E-state index contributed by atoms with van der Waals surface area (Å²) in [4.78, 5) is 28.8. The molecule has 7 nitrogen and oxygen atoms in total. The summed E-state index contributed by atoms with van der Waals surface area (Å²) >= 11 is 0. The molecule has 2 unspecified atom stereocenters. The average Bonchev–Trinajstić information content (AvgIpc) is 3.32. The molecule has 2 amide bonds. The van der Waals surface area contributed by atoms with Crippen LogP contribution in [0.15, 0.2) is 22.8 Å². The third-order valence-electron chi connectivity index (χ3n) is 6.32. The highest BCUT2D eigenvalue weighted by Crippen LogP contribution is 2.44. The van der Waals surface area contributed by atoms with Crippen LogP contribution in [0.5, 0.6) is 5.75 Å². The van der Waals surface area contributed by atoms with Crippen LogP contribution in [0.1, 0.15) is 49.5 Å². The van der Waals surface area contributed by atoms with Crippen LogP contribution in [0.3, 0.4) is 0 Å². The molecule has 2 aliphatic rings. The average molecular weight is 400 g/mol. The second-order valence-electron chi connectivity index (χ2n) is 9.15. The molecule has 2 bridgehead atoms. The van der Waals surface area contributed by atoms with E-state index in [9.17, 15) is 14.7 Å². The lowest BCUT2D eigenvalue weighted by atomic mass is 9.98. The van der Waals surface area contributed by atoms with Crippen molar-refractivity contribution in [3.63, 3.8) is 0 Å². The van der Waals surface area contributed by atoms with E-state index in [2.05, 4.69) is 0 Å². The lowest BCUT2D eigenvalue weighted by molar-refractivity contribution is 0.0503. The molecule has 2 fully saturated rings. The standard InChI is InChI=1S/C22H28N2O5/c1-12-11-29-17-9-14(8-16(28-5)18(12)17)20(25)23-10-13-6-7-15(23)19(13)24(21(26)27)22(2,3)4/h8-9,11,13,15,19H,6-7,10H2,1-5H3,(H,26,27)/t13?,15?,19-/m1/s1. The van der Waals surface area contributed by atoms with Gasteiger partial charge in [0.05, 0.1) is 30.8 Å². The number of benzene rings is 1. The number of methoxy groups -OCH3 is 1. The van der Waals surface area contributed by atoms with Crippen LogP contribution in [-0.2, 0) is 0 Å². The van der Waals surface area contributed by atoms with E-state index >= 15 is 0 Å². The van der Waals surface area contributed by atoms with E-state index in [1.807, 2.05) is 32.6 Å². The van der Waals surface area contributed by atoms with Crippen molar-refractivity contribution in [2.45, 2.75) is 58.2 Å². The van der Waals surface area contributed by atoms with Gasteiger partial charge in [-0.3, -0.25) is 9.69 Å².